The number of nitrogens with one attached hydrogen (secondary N) is 1. The number of pyridine rings is 1. The lowest BCUT2D eigenvalue weighted by atomic mass is 10.0. The van der Waals surface area contributed by atoms with Gasteiger partial charge in [-0.15, -0.1) is 0 Å². The fourth-order valence-corrected chi connectivity index (χ4v) is 2.65. The van der Waals surface area contributed by atoms with Crippen LogP contribution in [0.2, 0.25) is 0 Å². The predicted molar refractivity (Wildman–Crippen MR) is 98.0 cm³/mol. The molecule has 0 saturated heterocycles. The van der Waals surface area contributed by atoms with Gasteiger partial charge in [-0.3, -0.25) is 9.78 Å². The zero-order valence-electron chi connectivity index (χ0n) is 14.0. The van der Waals surface area contributed by atoms with Crippen molar-refractivity contribution in [2.24, 2.45) is 0 Å². The average molecular weight is 332 g/mol. The van der Waals surface area contributed by atoms with E-state index in [1.54, 1.807) is 12.1 Å². The maximum Gasteiger partial charge on any atom is 0.224 e. The molecule has 0 saturated carbocycles. The van der Waals surface area contributed by atoms with Crippen molar-refractivity contribution < 1.29 is 9.90 Å². The van der Waals surface area contributed by atoms with Crippen molar-refractivity contribution in [2.45, 2.75) is 19.4 Å². The highest BCUT2D eigenvalue weighted by Crippen LogP contribution is 2.19. The van der Waals surface area contributed by atoms with Gasteiger partial charge in [-0.2, -0.15) is 0 Å². The smallest absolute Gasteiger partial charge is 0.224 e. The van der Waals surface area contributed by atoms with E-state index in [9.17, 15) is 9.90 Å². The molecule has 0 aliphatic heterocycles. The largest absolute Gasteiger partial charge is 0.506 e. The molecule has 4 heteroatoms. The lowest BCUT2D eigenvalue weighted by Gasteiger charge is -2.13. The maximum atomic E-state index is 12.2. The average Bonchev–Trinajstić information content (AvgIpc) is 2.63. The second-order valence-electron chi connectivity index (χ2n) is 5.97. The van der Waals surface area contributed by atoms with Crippen LogP contribution in [0, 0.1) is 0 Å². The molecule has 4 nitrogen and oxygen atoms in total. The summed E-state index contributed by atoms with van der Waals surface area (Å²) in [6, 6.07) is 21.2. The van der Waals surface area contributed by atoms with E-state index in [0.29, 0.717) is 12.1 Å². The van der Waals surface area contributed by atoms with Gasteiger partial charge >= 0.3 is 0 Å². The number of benzene rings is 2. The predicted octanol–water partition coefficient (Wildman–Crippen LogP) is 3.87. The highest BCUT2D eigenvalue weighted by Gasteiger charge is 2.11. The van der Waals surface area contributed by atoms with Gasteiger partial charge in [0.1, 0.15) is 5.75 Å². The van der Waals surface area contributed by atoms with Gasteiger partial charge in [0.05, 0.1) is 24.4 Å². The number of carbonyl (C=O) groups is 1. The minimum Gasteiger partial charge on any atom is -0.506 e. The second-order valence-corrected chi connectivity index (χ2v) is 5.97. The van der Waals surface area contributed by atoms with Crippen LogP contribution in [0.4, 0.5) is 0 Å². The molecule has 0 aliphatic carbocycles. The molecule has 0 radical (unpaired) electrons. The first-order valence-electron chi connectivity index (χ1n) is 8.20. The highest BCUT2D eigenvalue weighted by atomic mass is 16.3. The van der Waals surface area contributed by atoms with E-state index in [-0.39, 0.29) is 17.7 Å². The van der Waals surface area contributed by atoms with Crippen LogP contribution in [0.3, 0.4) is 0 Å². The van der Waals surface area contributed by atoms with E-state index in [1.165, 1.54) is 6.20 Å². The monoisotopic (exact) mass is 332 g/mol. The molecule has 25 heavy (non-hydrogen) atoms. The first-order chi connectivity index (χ1) is 12.1. The van der Waals surface area contributed by atoms with E-state index in [0.717, 1.165) is 16.7 Å². The summed E-state index contributed by atoms with van der Waals surface area (Å²) in [5.74, 6) is 0.0515. The number of aromatic hydroxyl groups is 1. The Morgan fingerprint density at radius 1 is 1.00 bits per heavy atom. The van der Waals surface area contributed by atoms with Gasteiger partial charge in [0.15, 0.2) is 0 Å². The molecular weight excluding hydrogens is 312 g/mol. The quantitative estimate of drug-likeness (QED) is 0.745. The number of aromatic nitrogens is 1. The van der Waals surface area contributed by atoms with Gasteiger partial charge < -0.3 is 10.4 Å². The Balaban J connectivity index is 1.60. The molecule has 1 aromatic heterocycles. The number of hydrogen-bond donors (Lipinski definition) is 2. The van der Waals surface area contributed by atoms with Crippen LogP contribution in [-0.4, -0.2) is 16.0 Å². The molecule has 0 spiro atoms. The molecule has 1 unspecified atom stereocenters. The summed E-state index contributed by atoms with van der Waals surface area (Å²) < 4.78 is 0. The Labute approximate surface area is 147 Å². The summed E-state index contributed by atoms with van der Waals surface area (Å²) in [5.41, 5.74) is 3.96. The fourth-order valence-electron chi connectivity index (χ4n) is 2.65. The molecule has 0 fully saturated rings. The van der Waals surface area contributed by atoms with Crippen LogP contribution in [0.15, 0.2) is 72.9 Å². The van der Waals surface area contributed by atoms with Crippen molar-refractivity contribution in [1.29, 1.82) is 0 Å². The molecule has 2 aromatic carbocycles. The SMILES string of the molecule is CC(NC(=O)Cc1ccc(-c2ccccc2)cc1)c1ccc(O)cn1. The number of rotatable bonds is 5. The number of amides is 1. The van der Waals surface area contributed by atoms with Crippen molar-refractivity contribution in [2.75, 3.05) is 0 Å². The third kappa shape index (κ3) is 4.44. The van der Waals surface area contributed by atoms with E-state index in [4.69, 9.17) is 0 Å². The molecule has 0 bridgehead atoms. The van der Waals surface area contributed by atoms with E-state index >= 15 is 0 Å². The third-order valence-electron chi connectivity index (χ3n) is 4.02. The van der Waals surface area contributed by atoms with Crippen molar-refractivity contribution in [3.05, 3.63) is 84.2 Å². The molecule has 3 rings (SSSR count). The fraction of sp³-hybridized carbons (Fsp3) is 0.143. The summed E-state index contributed by atoms with van der Waals surface area (Å²) in [6.07, 6.45) is 1.69. The first-order valence-corrected chi connectivity index (χ1v) is 8.20. The van der Waals surface area contributed by atoms with Gasteiger partial charge in [-0.05, 0) is 35.7 Å². The molecule has 1 amide bonds. The van der Waals surface area contributed by atoms with Gasteiger partial charge in [0.2, 0.25) is 5.91 Å². The normalized spacial score (nSPS) is 11.7. The van der Waals surface area contributed by atoms with Crippen molar-refractivity contribution in [3.63, 3.8) is 0 Å². The van der Waals surface area contributed by atoms with Crippen LogP contribution in [-0.2, 0) is 11.2 Å². The molecule has 2 N–H and O–H groups in total. The topological polar surface area (TPSA) is 62.2 Å². The van der Waals surface area contributed by atoms with Crippen LogP contribution >= 0.6 is 0 Å². The van der Waals surface area contributed by atoms with Crippen LogP contribution in [0.1, 0.15) is 24.2 Å². The summed E-state index contributed by atoms with van der Waals surface area (Å²) in [4.78, 5) is 16.3. The van der Waals surface area contributed by atoms with Crippen molar-refractivity contribution >= 4 is 5.91 Å². The van der Waals surface area contributed by atoms with Gasteiger partial charge in [-0.25, -0.2) is 0 Å². The summed E-state index contributed by atoms with van der Waals surface area (Å²) >= 11 is 0. The molecule has 3 aromatic rings. The Hall–Kier alpha value is -3.14. The van der Waals surface area contributed by atoms with Crippen molar-refractivity contribution in [1.82, 2.24) is 10.3 Å². The Kier molecular flexibility index (Phi) is 5.09. The zero-order chi connectivity index (χ0) is 17.6. The van der Waals surface area contributed by atoms with Crippen molar-refractivity contribution in [3.8, 4) is 16.9 Å². The molecule has 126 valence electrons. The highest BCUT2D eigenvalue weighted by molar-refractivity contribution is 5.79. The van der Waals surface area contributed by atoms with E-state index < -0.39 is 0 Å². The molecular formula is C21H20N2O2. The number of carbonyl (C=O) groups excluding carboxylic acids is 1. The third-order valence-corrected chi connectivity index (χ3v) is 4.02. The van der Waals surface area contributed by atoms with E-state index in [2.05, 4.69) is 22.4 Å². The standard InChI is InChI=1S/C21H20N2O2/c1-15(20-12-11-19(24)14-22-20)23-21(25)13-16-7-9-18(10-8-16)17-5-3-2-4-6-17/h2-12,14-15,24H,13H2,1H3,(H,23,25). The first kappa shape index (κ1) is 16.7. The Morgan fingerprint density at radius 2 is 1.68 bits per heavy atom. The Morgan fingerprint density at radius 3 is 2.32 bits per heavy atom. The van der Waals surface area contributed by atoms with Gasteiger partial charge in [-0.1, -0.05) is 54.6 Å². The minimum absolute atomic E-state index is 0.0603. The molecule has 1 atom stereocenters. The van der Waals surface area contributed by atoms with Crippen LogP contribution < -0.4 is 5.32 Å². The number of hydrogen-bond acceptors (Lipinski definition) is 3. The van der Waals surface area contributed by atoms with Crippen LogP contribution in [0.5, 0.6) is 5.75 Å². The van der Waals surface area contributed by atoms with Crippen LogP contribution in [0.25, 0.3) is 11.1 Å². The van der Waals surface area contributed by atoms with E-state index in [1.807, 2.05) is 49.4 Å². The summed E-state index contributed by atoms with van der Waals surface area (Å²) in [7, 11) is 0. The number of nitrogens with zero attached hydrogens (tertiary/aromatic N) is 1. The minimum atomic E-state index is -0.211. The van der Waals surface area contributed by atoms with Gasteiger partial charge in [0, 0.05) is 0 Å². The summed E-state index contributed by atoms with van der Waals surface area (Å²) in [6.45, 7) is 1.87. The molecule has 0 aliphatic rings. The lowest BCUT2D eigenvalue weighted by Crippen LogP contribution is -2.28. The lowest BCUT2D eigenvalue weighted by molar-refractivity contribution is -0.121. The maximum absolute atomic E-state index is 12.2. The summed E-state index contributed by atoms with van der Waals surface area (Å²) in [5, 5.41) is 12.2. The zero-order valence-corrected chi connectivity index (χ0v) is 14.0. The van der Waals surface area contributed by atoms with Gasteiger partial charge in [0.25, 0.3) is 0 Å². The molecule has 1 heterocycles. The Bertz CT molecular complexity index is 828. The second kappa shape index (κ2) is 7.62.